The van der Waals surface area contributed by atoms with Crippen LogP contribution in [-0.2, 0) is 9.47 Å². The van der Waals surface area contributed by atoms with E-state index in [2.05, 4.69) is 5.32 Å². The van der Waals surface area contributed by atoms with Gasteiger partial charge in [-0.25, -0.2) is 4.79 Å². The summed E-state index contributed by atoms with van der Waals surface area (Å²) in [6.45, 7) is 8.22. The molecule has 30 heavy (non-hydrogen) atoms. The molecule has 0 radical (unpaired) electrons. The predicted molar refractivity (Wildman–Crippen MR) is 123 cm³/mol. The fourth-order valence-electron chi connectivity index (χ4n) is 2.67. The molecule has 0 amide bonds. The van der Waals surface area contributed by atoms with Crippen LogP contribution in [-0.4, -0.2) is 51.7 Å². The van der Waals surface area contributed by atoms with Crippen molar-refractivity contribution in [2.75, 3.05) is 44.6 Å². The van der Waals surface area contributed by atoms with E-state index >= 15 is 0 Å². The van der Waals surface area contributed by atoms with Gasteiger partial charge in [-0.1, -0.05) is 0 Å². The van der Waals surface area contributed by atoms with Gasteiger partial charge in [0.25, 0.3) is 0 Å². The molecule has 0 aliphatic heterocycles. The van der Waals surface area contributed by atoms with Crippen LogP contribution in [0.1, 0.15) is 48.4 Å². The van der Waals surface area contributed by atoms with Crippen molar-refractivity contribution < 1.29 is 19.1 Å². The molecule has 0 atom stereocenters. The number of esters is 1. The van der Waals surface area contributed by atoms with E-state index in [1.54, 1.807) is 32.9 Å². The highest BCUT2D eigenvalue weighted by Crippen LogP contribution is 2.18. The zero-order valence-electron chi connectivity index (χ0n) is 19.1. The minimum Gasteiger partial charge on any atom is -0.462 e. The molecule has 2 rings (SSSR count). The van der Waals surface area contributed by atoms with Gasteiger partial charge in [-0.15, -0.1) is 0 Å². The quantitative estimate of drug-likeness (QED) is 0.501. The van der Waals surface area contributed by atoms with Gasteiger partial charge in [-0.05, 0) is 76.2 Å². The third-order valence-corrected chi connectivity index (χ3v) is 4.38. The number of rotatable bonds is 8. The maximum atomic E-state index is 12.1. The van der Waals surface area contributed by atoms with Crippen molar-refractivity contribution in [1.29, 1.82) is 0 Å². The summed E-state index contributed by atoms with van der Waals surface area (Å²) < 4.78 is 10.3. The third kappa shape index (κ3) is 7.52. The van der Waals surface area contributed by atoms with Crippen LogP contribution in [0.2, 0.25) is 0 Å². The average Bonchev–Trinajstić information content (AvgIpc) is 2.74. The van der Waals surface area contributed by atoms with Crippen LogP contribution in [0.15, 0.2) is 48.5 Å². The number of nitrogens with one attached hydrogen (secondary N) is 1. The Labute approximate surface area is 180 Å². The lowest BCUT2D eigenvalue weighted by Crippen LogP contribution is -2.35. The van der Waals surface area contributed by atoms with E-state index in [1.807, 2.05) is 69.4 Å². The summed E-state index contributed by atoms with van der Waals surface area (Å²) in [5, 5.41) is 3.01. The van der Waals surface area contributed by atoms with Gasteiger partial charge in [-0.2, -0.15) is 0 Å². The third-order valence-electron chi connectivity index (χ3n) is 4.38. The maximum absolute atomic E-state index is 12.1. The molecule has 0 heterocycles. The number of ketones is 1. The van der Waals surface area contributed by atoms with E-state index in [-0.39, 0.29) is 11.8 Å². The molecule has 0 aliphatic rings. The average molecular weight is 415 g/mol. The number of nitrogens with zero attached hydrogens (tertiary/aromatic N) is 1. The first kappa shape index (κ1) is 25.2. The molecule has 0 fully saturated rings. The number of anilines is 2. The lowest BCUT2D eigenvalue weighted by atomic mass is 9.96. The molecule has 0 saturated heterocycles. The fraction of sp³-hybridized carbons (Fsp3) is 0.417. The van der Waals surface area contributed by atoms with Gasteiger partial charge in [0, 0.05) is 44.7 Å². The Morgan fingerprint density at radius 3 is 1.87 bits per heavy atom. The Hall–Kier alpha value is -2.86. The molecule has 6 heteroatoms. The number of benzene rings is 2. The molecule has 2 aromatic rings. The molecular weight excluding hydrogens is 380 g/mol. The van der Waals surface area contributed by atoms with Crippen molar-refractivity contribution in [3.8, 4) is 0 Å². The predicted octanol–water partition coefficient (Wildman–Crippen LogP) is 4.66. The molecule has 0 bridgehead atoms. The molecule has 6 nitrogen and oxygen atoms in total. The number of hydrogen-bond acceptors (Lipinski definition) is 6. The standard InChI is InChI=1S/C13H19NO2.C11H15NO2/c1-5-16-13(2,3)12(15)10-6-8-11(14-4)9-7-10;1-4-14-11(13)9-5-7-10(8-6-9)12(2)3/h6-9,14H,5H2,1-4H3;5-8H,4H2,1-3H3. The van der Waals surface area contributed by atoms with Crippen molar-refractivity contribution in [3.63, 3.8) is 0 Å². The highest BCUT2D eigenvalue weighted by molar-refractivity contribution is 6.02. The molecule has 0 saturated carbocycles. The molecule has 0 aromatic heterocycles. The Morgan fingerprint density at radius 2 is 1.43 bits per heavy atom. The highest BCUT2D eigenvalue weighted by Gasteiger charge is 2.28. The van der Waals surface area contributed by atoms with Crippen molar-refractivity contribution in [2.24, 2.45) is 0 Å². The van der Waals surface area contributed by atoms with Crippen molar-refractivity contribution in [3.05, 3.63) is 59.7 Å². The number of hydrogen-bond donors (Lipinski definition) is 1. The number of carbonyl (C=O) groups excluding carboxylic acids is 2. The number of carbonyl (C=O) groups is 2. The Bertz CT molecular complexity index is 797. The second-order valence-corrected chi connectivity index (χ2v) is 7.26. The summed E-state index contributed by atoms with van der Waals surface area (Å²) in [5.41, 5.74) is 2.58. The SMILES string of the molecule is CCOC(=O)c1ccc(N(C)C)cc1.CCOC(C)(C)C(=O)c1ccc(NC)cc1. The minimum atomic E-state index is -0.754. The van der Waals surface area contributed by atoms with E-state index in [4.69, 9.17) is 9.47 Å². The minimum absolute atomic E-state index is 0.0111. The normalized spacial score (nSPS) is 10.5. The van der Waals surface area contributed by atoms with Crippen LogP contribution in [0.4, 0.5) is 11.4 Å². The monoisotopic (exact) mass is 414 g/mol. The first-order valence-electron chi connectivity index (χ1n) is 10.1. The van der Waals surface area contributed by atoms with Crippen LogP contribution in [0, 0.1) is 0 Å². The largest absolute Gasteiger partial charge is 0.462 e. The van der Waals surface area contributed by atoms with Gasteiger partial charge in [0.05, 0.1) is 12.2 Å². The van der Waals surface area contributed by atoms with Gasteiger partial charge in [0.15, 0.2) is 5.78 Å². The topological polar surface area (TPSA) is 67.9 Å². The highest BCUT2D eigenvalue weighted by atomic mass is 16.5. The van der Waals surface area contributed by atoms with Gasteiger partial charge in [-0.3, -0.25) is 4.79 Å². The Kier molecular flexibility index (Phi) is 10.1. The van der Waals surface area contributed by atoms with E-state index in [0.29, 0.717) is 24.3 Å². The van der Waals surface area contributed by atoms with Crippen molar-refractivity contribution >= 4 is 23.1 Å². The Balaban J connectivity index is 0.000000303. The molecule has 0 unspecified atom stereocenters. The molecule has 0 spiro atoms. The van der Waals surface area contributed by atoms with Crippen LogP contribution in [0.5, 0.6) is 0 Å². The van der Waals surface area contributed by atoms with E-state index in [0.717, 1.165) is 11.4 Å². The van der Waals surface area contributed by atoms with E-state index in [9.17, 15) is 9.59 Å². The molecule has 2 aromatic carbocycles. The van der Waals surface area contributed by atoms with E-state index < -0.39 is 5.60 Å². The lowest BCUT2D eigenvalue weighted by Gasteiger charge is -2.23. The van der Waals surface area contributed by atoms with Gasteiger partial charge >= 0.3 is 5.97 Å². The summed E-state index contributed by atoms with van der Waals surface area (Å²) >= 11 is 0. The van der Waals surface area contributed by atoms with Crippen LogP contribution < -0.4 is 10.2 Å². The van der Waals surface area contributed by atoms with Gasteiger partial charge in [0.1, 0.15) is 5.60 Å². The summed E-state index contributed by atoms with van der Waals surface area (Å²) in [6.07, 6.45) is 0. The van der Waals surface area contributed by atoms with Crippen LogP contribution in [0.25, 0.3) is 0 Å². The molecule has 0 aliphatic carbocycles. The number of ether oxygens (including phenoxy) is 2. The zero-order chi connectivity index (χ0) is 22.7. The van der Waals surface area contributed by atoms with Crippen LogP contribution in [0.3, 0.4) is 0 Å². The smallest absolute Gasteiger partial charge is 0.338 e. The maximum Gasteiger partial charge on any atom is 0.338 e. The first-order valence-corrected chi connectivity index (χ1v) is 10.1. The summed E-state index contributed by atoms with van der Waals surface area (Å²) in [7, 11) is 5.76. The molecule has 164 valence electrons. The van der Waals surface area contributed by atoms with Gasteiger partial charge in [0.2, 0.25) is 0 Å². The van der Waals surface area contributed by atoms with Gasteiger partial charge < -0.3 is 19.7 Å². The van der Waals surface area contributed by atoms with Crippen molar-refractivity contribution in [1.82, 2.24) is 0 Å². The number of Topliss-reactive ketones (excluding diaryl/α,β-unsaturated/α-hetero) is 1. The molecular formula is C24H34N2O4. The summed E-state index contributed by atoms with van der Waals surface area (Å²) in [6, 6.07) is 14.7. The second kappa shape index (κ2) is 12.0. The molecule has 1 N–H and O–H groups in total. The van der Waals surface area contributed by atoms with E-state index in [1.165, 1.54) is 0 Å². The second-order valence-electron chi connectivity index (χ2n) is 7.26. The van der Waals surface area contributed by atoms with Crippen molar-refractivity contribution in [2.45, 2.75) is 33.3 Å². The zero-order valence-corrected chi connectivity index (χ0v) is 19.1. The fourth-order valence-corrected chi connectivity index (χ4v) is 2.67. The van der Waals surface area contributed by atoms with Crippen LogP contribution >= 0.6 is 0 Å². The first-order chi connectivity index (χ1) is 14.2. The summed E-state index contributed by atoms with van der Waals surface area (Å²) in [4.78, 5) is 25.4. The summed E-state index contributed by atoms with van der Waals surface area (Å²) in [5.74, 6) is -0.255. The Morgan fingerprint density at radius 1 is 0.900 bits per heavy atom. The lowest BCUT2D eigenvalue weighted by molar-refractivity contribution is 0.00126.